The molecule has 3 rings (SSSR count). The highest BCUT2D eigenvalue weighted by atomic mass is 15.1. The fourth-order valence-electron chi connectivity index (χ4n) is 2.50. The van der Waals surface area contributed by atoms with Gasteiger partial charge in [-0.05, 0) is 12.0 Å². The second-order valence-corrected chi connectivity index (χ2v) is 4.48. The van der Waals surface area contributed by atoms with E-state index in [1.165, 1.54) is 16.8 Å². The summed E-state index contributed by atoms with van der Waals surface area (Å²) in [5.41, 5.74) is 3.79. The van der Waals surface area contributed by atoms with E-state index in [1.807, 2.05) is 18.3 Å². The number of fused-ring (bicyclic) bond motifs is 1. The van der Waals surface area contributed by atoms with Gasteiger partial charge in [0.1, 0.15) is 5.82 Å². The van der Waals surface area contributed by atoms with Gasteiger partial charge in [-0.2, -0.15) is 0 Å². The molecular formula is C16H16N2. The largest absolute Gasteiger partial charge is 0.327 e. The van der Waals surface area contributed by atoms with Crippen molar-refractivity contribution in [1.29, 1.82) is 0 Å². The molecule has 0 bridgehead atoms. The minimum atomic E-state index is 0.835. The van der Waals surface area contributed by atoms with Gasteiger partial charge in [0.05, 0.1) is 11.9 Å². The van der Waals surface area contributed by atoms with E-state index in [-0.39, 0.29) is 0 Å². The Balaban J connectivity index is 2.06. The molecule has 18 heavy (non-hydrogen) atoms. The molecule has 0 unspecified atom stereocenters. The molecule has 0 radical (unpaired) electrons. The molecule has 0 aliphatic carbocycles. The van der Waals surface area contributed by atoms with E-state index in [0.717, 1.165) is 25.2 Å². The summed E-state index contributed by atoms with van der Waals surface area (Å²) < 4.78 is 2.31. The second-order valence-electron chi connectivity index (χ2n) is 4.48. The van der Waals surface area contributed by atoms with E-state index in [1.54, 1.807) is 0 Å². The van der Waals surface area contributed by atoms with Gasteiger partial charge in [0, 0.05) is 18.5 Å². The van der Waals surface area contributed by atoms with Gasteiger partial charge in [-0.15, -0.1) is 6.58 Å². The quantitative estimate of drug-likeness (QED) is 0.746. The highest BCUT2D eigenvalue weighted by molar-refractivity contribution is 5.78. The average molecular weight is 236 g/mol. The number of aromatic nitrogens is 2. The van der Waals surface area contributed by atoms with Crippen molar-refractivity contribution >= 4 is 5.57 Å². The smallest absolute Gasteiger partial charge is 0.112 e. The van der Waals surface area contributed by atoms with Crippen LogP contribution < -0.4 is 0 Å². The van der Waals surface area contributed by atoms with E-state index in [4.69, 9.17) is 0 Å². The molecule has 2 aromatic rings. The van der Waals surface area contributed by atoms with Crippen molar-refractivity contribution in [1.82, 2.24) is 9.55 Å². The second kappa shape index (κ2) is 4.65. The molecule has 1 aliphatic rings. The Morgan fingerprint density at radius 1 is 1.28 bits per heavy atom. The Morgan fingerprint density at radius 3 is 2.89 bits per heavy atom. The van der Waals surface area contributed by atoms with Crippen molar-refractivity contribution in [2.45, 2.75) is 19.4 Å². The highest BCUT2D eigenvalue weighted by Crippen LogP contribution is 2.28. The average Bonchev–Trinajstić information content (AvgIpc) is 2.84. The van der Waals surface area contributed by atoms with Crippen LogP contribution in [0.25, 0.3) is 5.57 Å². The van der Waals surface area contributed by atoms with Crippen LogP contribution in [0.3, 0.4) is 0 Å². The summed E-state index contributed by atoms with van der Waals surface area (Å²) >= 11 is 0. The molecule has 1 aromatic carbocycles. The van der Waals surface area contributed by atoms with Gasteiger partial charge in [0.25, 0.3) is 0 Å². The summed E-state index contributed by atoms with van der Waals surface area (Å²) in [6.07, 6.45) is 8.11. The maximum atomic E-state index is 4.51. The first-order valence-corrected chi connectivity index (χ1v) is 6.31. The molecule has 2 nitrogen and oxygen atoms in total. The van der Waals surface area contributed by atoms with Gasteiger partial charge < -0.3 is 4.57 Å². The molecule has 2 heteroatoms. The van der Waals surface area contributed by atoms with E-state index in [2.05, 4.69) is 46.5 Å². The van der Waals surface area contributed by atoms with Gasteiger partial charge in [-0.1, -0.05) is 42.5 Å². The van der Waals surface area contributed by atoms with Crippen LogP contribution in [0.2, 0.25) is 0 Å². The molecule has 0 fully saturated rings. The molecule has 0 amide bonds. The summed E-state index contributed by atoms with van der Waals surface area (Å²) in [4.78, 5) is 4.51. The zero-order chi connectivity index (χ0) is 12.4. The molecule has 90 valence electrons. The van der Waals surface area contributed by atoms with Crippen molar-refractivity contribution in [3.8, 4) is 0 Å². The maximum absolute atomic E-state index is 4.51. The molecule has 2 heterocycles. The van der Waals surface area contributed by atoms with Crippen LogP contribution in [0, 0.1) is 0 Å². The molecule has 0 saturated carbocycles. The molecule has 0 atom stereocenters. The fraction of sp³-hybridized carbons (Fsp3) is 0.188. The van der Waals surface area contributed by atoms with E-state index in [0.29, 0.717) is 0 Å². The first kappa shape index (κ1) is 11.0. The van der Waals surface area contributed by atoms with Crippen molar-refractivity contribution in [2.75, 3.05) is 0 Å². The lowest BCUT2D eigenvalue weighted by molar-refractivity contribution is 0.656. The monoisotopic (exact) mass is 236 g/mol. The van der Waals surface area contributed by atoms with Gasteiger partial charge in [0.15, 0.2) is 0 Å². The van der Waals surface area contributed by atoms with Crippen LogP contribution in [0.5, 0.6) is 0 Å². The summed E-state index contributed by atoms with van der Waals surface area (Å²) in [5, 5.41) is 0. The number of allylic oxidation sites excluding steroid dienone is 2. The number of hydrogen-bond acceptors (Lipinski definition) is 1. The van der Waals surface area contributed by atoms with Gasteiger partial charge >= 0.3 is 0 Å². The van der Waals surface area contributed by atoms with Gasteiger partial charge in [-0.3, -0.25) is 0 Å². The normalized spacial score (nSPS) is 13.9. The first-order valence-electron chi connectivity index (χ1n) is 6.31. The predicted octanol–water partition coefficient (Wildman–Crippen LogP) is 3.45. The van der Waals surface area contributed by atoms with Crippen LogP contribution in [0.15, 0.2) is 55.3 Å². The summed E-state index contributed by atoms with van der Waals surface area (Å²) in [7, 11) is 0. The Hall–Kier alpha value is -2.09. The van der Waals surface area contributed by atoms with Crippen LogP contribution in [0.4, 0.5) is 0 Å². The Kier molecular flexibility index (Phi) is 2.85. The Morgan fingerprint density at radius 2 is 2.11 bits per heavy atom. The van der Waals surface area contributed by atoms with Crippen molar-refractivity contribution in [3.63, 3.8) is 0 Å². The lowest BCUT2D eigenvalue weighted by Crippen LogP contribution is -2.10. The summed E-state index contributed by atoms with van der Waals surface area (Å²) in [6.45, 7) is 4.82. The topological polar surface area (TPSA) is 17.8 Å². The maximum Gasteiger partial charge on any atom is 0.112 e. The lowest BCUT2D eigenvalue weighted by Gasteiger charge is -2.18. The van der Waals surface area contributed by atoms with Crippen molar-refractivity contribution in [2.24, 2.45) is 0 Å². The van der Waals surface area contributed by atoms with Gasteiger partial charge in [-0.25, -0.2) is 4.98 Å². The van der Waals surface area contributed by atoms with E-state index >= 15 is 0 Å². The Bertz CT molecular complexity index is 591. The van der Waals surface area contributed by atoms with Crippen molar-refractivity contribution in [3.05, 3.63) is 72.3 Å². The molecule has 0 N–H and O–H groups in total. The first-order chi connectivity index (χ1) is 8.90. The van der Waals surface area contributed by atoms with Crippen LogP contribution in [0.1, 0.15) is 23.5 Å². The number of hydrogen-bond donors (Lipinski definition) is 0. The highest BCUT2D eigenvalue weighted by Gasteiger charge is 2.17. The Labute approximate surface area is 107 Å². The SMILES string of the molecule is C=CCc1ncc2n1CCC=C2c1ccccc1. The van der Waals surface area contributed by atoms with Gasteiger partial charge in [0.2, 0.25) is 0 Å². The molecule has 0 spiro atoms. The lowest BCUT2D eigenvalue weighted by atomic mass is 9.99. The third-order valence-corrected chi connectivity index (χ3v) is 3.33. The van der Waals surface area contributed by atoms with E-state index in [9.17, 15) is 0 Å². The molecule has 0 saturated heterocycles. The molecule has 1 aromatic heterocycles. The van der Waals surface area contributed by atoms with Crippen LogP contribution in [-0.2, 0) is 13.0 Å². The summed E-state index contributed by atoms with van der Waals surface area (Å²) in [5.74, 6) is 1.11. The number of benzene rings is 1. The number of rotatable bonds is 3. The zero-order valence-corrected chi connectivity index (χ0v) is 10.3. The van der Waals surface area contributed by atoms with Crippen molar-refractivity contribution < 1.29 is 0 Å². The predicted molar refractivity (Wildman–Crippen MR) is 74.3 cm³/mol. The number of nitrogens with zero attached hydrogens (tertiary/aromatic N) is 2. The zero-order valence-electron chi connectivity index (χ0n) is 10.3. The number of imidazole rings is 1. The minimum absolute atomic E-state index is 0.835. The van der Waals surface area contributed by atoms with Crippen LogP contribution in [-0.4, -0.2) is 9.55 Å². The minimum Gasteiger partial charge on any atom is -0.327 e. The third kappa shape index (κ3) is 1.80. The molecular weight excluding hydrogens is 220 g/mol. The molecule has 1 aliphatic heterocycles. The standard InChI is InChI=1S/C16H16N2/c1-2-7-16-17-12-15-14(10-6-11-18(15)16)13-8-4-3-5-9-13/h2-5,8-10,12H,1,6-7,11H2. The summed E-state index contributed by atoms with van der Waals surface area (Å²) in [6, 6.07) is 10.5. The fourth-order valence-corrected chi connectivity index (χ4v) is 2.50. The third-order valence-electron chi connectivity index (χ3n) is 3.33. The van der Waals surface area contributed by atoms with Crippen LogP contribution >= 0.6 is 0 Å². The van der Waals surface area contributed by atoms with E-state index < -0.39 is 0 Å².